The number of ketones is 1. The van der Waals surface area contributed by atoms with Gasteiger partial charge in [0.2, 0.25) is 0 Å². The monoisotopic (exact) mass is 339 g/mol. The zero-order chi connectivity index (χ0) is 18.1. The number of carboxylic acids is 1. The normalized spacial score (nSPS) is 38.6. The maximum atomic E-state index is 11.9. The van der Waals surface area contributed by atoms with E-state index >= 15 is 0 Å². The number of aliphatic hydroxyl groups is 6. The minimum absolute atomic E-state index is 0.925. The first-order chi connectivity index (χ1) is 10.5. The molecule has 9 N–H and O–H groups in total. The Morgan fingerprint density at radius 3 is 2.22 bits per heavy atom. The summed E-state index contributed by atoms with van der Waals surface area (Å²) >= 11 is 0. The molecule has 1 aliphatic heterocycles. The van der Waals surface area contributed by atoms with E-state index < -0.39 is 66.6 Å². The Hall–Kier alpha value is -1.18. The molecule has 0 radical (unpaired) electrons. The number of carbonyl (C=O) groups is 2. The molecule has 1 fully saturated rings. The Bertz CT molecular complexity index is 457. The molecule has 0 saturated carbocycles. The smallest absolute Gasteiger partial charge is 0.365 e. The predicted octanol–water partition coefficient (Wildman–Crippen LogP) is -4.87. The number of hydrogen-bond acceptors (Lipinski definition) is 10. The van der Waals surface area contributed by atoms with Gasteiger partial charge in [-0.25, -0.2) is 4.79 Å². The molecular weight excluding hydrogens is 318 g/mol. The van der Waals surface area contributed by atoms with Crippen LogP contribution in [0.25, 0.3) is 0 Å². The molecule has 1 heterocycles. The third kappa shape index (κ3) is 3.51. The van der Waals surface area contributed by atoms with E-state index in [9.17, 15) is 35.1 Å². The molecule has 1 aliphatic rings. The van der Waals surface area contributed by atoms with Crippen molar-refractivity contribution in [1.29, 1.82) is 0 Å². The van der Waals surface area contributed by atoms with Gasteiger partial charge in [0, 0.05) is 0 Å². The molecule has 0 aliphatic carbocycles. The van der Waals surface area contributed by atoms with Gasteiger partial charge in [-0.15, -0.1) is 0 Å². The van der Waals surface area contributed by atoms with Crippen LogP contribution >= 0.6 is 0 Å². The molecule has 0 spiro atoms. The van der Waals surface area contributed by atoms with Crippen molar-refractivity contribution in [3.63, 3.8) is 0 Å². The highest BCUT2D eigenvalue weighted by Crippen LogP contribution is 2.35. The van der Waals surface area contributed by atoms with Crippen LogP contribution < -0.4 is 5.73 Å². The summed E-state index contributed by atoms with van der Waals surface area (Å²) in [4.78, 5) is 23.2. The summed E-state index contributed by atoms with van der Waals surface area (Å²) in [6.45, 7) is 0.0741. The number of carbonyl (C=O) groups excluding carboxylic acids is 1. The van der Waals surface area contributed by atoms with Crippen LogP contribution in [0, 0.1) is 5.92 Å². The molecule has 23 heavy (non-hydrogen) atoms. The zero-order valence-corrected chi connectivity index (χ0v) is 12.2. The van der Waals surface area contributed by atoms with Crippen LogP contribution in [0.3, 0.4) is 0 Å². The maximum Gasteiger partial charge on any atom is 0.365 e. The van der Waals surface area contributed by atoms with Gasteiger partial charge in [-0.05, 0) is 6.92 Å². The Morgan fingerprint density at radius 2 is 1.83 bits per heavy atom. The van der Waals surface area contributed by atoms with Crippen molar-refractivity contribution in [3.8, 4) is 0 Å². The van der Waals surface area contributed by atoms with E-state index in [1.165, 1.54) is 0 Å². The van der Waals surface area contributed by atoms with E-state index in [4.69, 9.17) is 20.7 Å². The first-order valence-corrected chi connectivity index (χ1v) is 6.75. The summed E-state index contributed by atoms with van der Waals surface area (Å²) in [6, 6.07) is -1.58. The van der Waals surface area contributed by atoms with Gasteiger partial charge < -0.3 is 46.2 Å². The van der Waals surface area contributed by atoms with Crippen molar-refractivity contribution in [1.82, 2.24) is 0 Å². The van der Waals surface area contributed by atoms with E-state index in [1.54, 1.807) is 0 Å². The molecule has 3 unspecified atom stereocenters. The van der Waals surface area contributed by atoms with Gasteiger partial charge in [-0.2, -0.15) is 0 Å². The van der Waals surface area contributed by atoms with E-state index in [-0.39, 0.29) is 0 Å². The van der Waals surface area contributed by atoms with Crippen LogP contribution in [0.5, 0.6) is 0 Å². The number of nitrogens with two attached hydrogens (primary N) is 1. The number of hydrogen-bond donors (Lipinski definition) is 8. The summed E-state index contributed by atoms with van der Waals surface area (Å²) < 4.78 is 4.80. The van der Waals surface area contributed by atoms with Crippen molar-refractivity contribution in [2.75, 3.05) is 6.61 Å². The molecule has 11 nitrogen and oxygen atoms in total. The van der Waals surface area contributed by atoms with E-state index in [2.05, 4.69) is 0 Å². The Balaban J connectivity index is 3.26. The molecule has 134 valence electrons. The standard InChI is InChI=1S/C12H21NO10/c1-3(15)7(17)5-9(19)6(13)10(8(18)4(16)2-14)23-12(5,22)11(20)21/h3-6,8-10,14-16,18-19,22H,2,13H2,1H3,(H,20,21)/t3?,4-,5?,6-,8-,9+,10-,12?/m1/s1. The van der Waals surface area contributed by atoms with Crippen LogP contribution in [-0.2, 0) is 14.3 Å². The van der Waals surface area contributed by atoms with Gasteiger partial charge in [-0.3, -0.25) is 4.79 Å². The molecular formula is C12H21NO10. The molecule has 11 heteroatoms. The second-order valence-corrected chi connectivity index (χ2v) is 5.45. The first kappa shape index (κ1) is 19.9. The molecule has 0 aromatic rings. The lowest BCUT2D eigenvalue weighted by Crippen LogP contribution is -2.72. The third-order valence-corrected chi connectivity index (χ3v) is 3.80. The fourth-order valence-electron chi connectivity index (χ4n) is 2.44. The molecule has 0 aromatic heterocycles. The zero-order valence-electron chi connectivity index (χ0n) is 12.2. The topological polar surface area (TPSA) is 211 Å². The highest BCUT2D eigenvalue weighted by Gasteiger charge is 2.62. The number of carboxylic acid groups (broad SMARTS) is 1. The maximum absolute atomic E-state index is 11.9. The second-order valence-electron chi connectivity index (χ2n) is 5.45. The Morgan fingerprint density at radius 1 is 1.30 bits per heavy atom. The third-order valence-electron chi connectivity index (χ3n) is 3.80. The van der Waals surface area contributed by atoms with Crippen molar-refractivity contribution < 1.29 is 50.1 Å². The lowest BCUT2D eigenvalue weighted by Gasteiger charge is -2.47. The first-order valence-electron chi connectivity index (χ1n) is 6.75. The number of rotatable bonds is 6. The van der Waals surface area contributed by atoms with Crippen molar-refractivity contribution in [2.45, 2.75) is 49.3 Å². The SMILES string of the molecule is CC(O)C(=O)C1[C@H](O)[C@@H](N)[C@H]([C@H](O)[C@H](O)CO)OC1(O)C(=O)O. The lowest BCUT2D eigenvalue weighted by atomic mass is 9.77. The number of ether oxygens (including phenoxy) is 1. The van der Waals surface area contributed by atoms with E-state index in [0.717, 1.165) is 6.92 Å². The van der Waals surface area contributed by atoms with Gasteiger partial charge in [0.1, 0.15) is 30.3 Å². The number of aliphatic hydroxyl groups excluding tert-OH is 5. The summed E-state index contributed by atoms with van der Waals surface area (Å²) in [6.07, 6.45) is -9.26. The quantitative estimate of drug-likeness (QED) is 0.230. The van der Waals surface area contributed by atoms with Crippen LogP contribution in [-0.4, -0.2) is 96.5 Å². The molecule has 1 saturated heterocycles. The molecule has 0 bridgehead atoms. The summed E-state index contributed by atoms with van der Waals surface area (Å²) in [5.74, 6) is -8.69. The van der Waals surface area contributed by atoms with Crippen molar-refractivity contribution in [3.05, 3.63) is 0 Å². The van der Waals surface area contributed by atoms with Gasteiger partial charge in [0.25, 0.3) is 5.79 Å². The average molecular weight is 339 g/mol. The van der Waals surface area contributed by atoms with Crippen LogP contribution in [0.2, 0.25) is 0 Å². The highest BCUT2D eigenvalue weighted by atomic mass is 16.7. The van der Waals surface area contributed by atoms with Crippen molar-refractivity contribution >= 4 is 11.8 Å². The van der Waals surface area contributed by atoms with Crippen LogP contribution in [0.4, 0.5) is 0 Å². The van der Waals surface area contributed by atoms with Crippen molar-refractivity contribution in [2.24, 2.45) is 11.7 Å². The molecule has 1 rings (SSSR count). The second kappa shape index (κ2) is 7.15. The molecule has 8 atom stereocenters. The van der Waals surface area contributed by atoms with Gasteiger partial charge >= 0.3 is 5.97 Å². The fourth-order valence-corrected chi connectivity index (χ4v) is 2.44. The minimum atomic E-state index is -3.29. The van der Waals surface area contributed by atoms with Crippen LogP contribution in [0.1, 0.15) is 6.92 Å². The van der Waals surface area contributed by atoms with E-state index in [0.29, 0.717) is 0 Å². The Labute approximate surface area is 130 Å². The average Bonchev–Trinajstić information content (AvgIpc) is 2.48. The number of aliphatic carboxylic acids is 1. The largest absolute Gasteiger partial charge is 0.477 e. The summed E-state index contributed by atoms with van der Waals surface area (Å²) in [5.41, 5.74) is 5.60. The van der Waals surface area contributed by atoms with E-state index in [1.807, 2.05) is 0 Å². The predicted molar refractivity (Wildman–Crippen MR) is 70.7 cm³/mol. The molecule has 0 amide bonds. The number of Topliss-reactive ketones (excluding diaryl/α,β-unsaturated/α-hetero) is 1. The van der Waals surface area contributed by atoms with Gasteiger partial charge in [0.15, 0.2) is 5.78 Å². The van der Waals surface area contributed by atoms with Gasteiger partial charge in [0.05, 0.1) is 18.8 Å². The van der Waals surface area contributed by atoms with Crippen LogP contribution in [0.15, 0.2) is 0 Å². The minimum Gasteiger partial charge on any atom is -0.477 e. The highest BCUT2D eigenvalue weighted by molar-refractivity contribution is 5.92. The lowest BCUT2D eigenvalue weighted by molar-refractivity contribution is -0.312. The summed E-state index contributed by atoms with van der Waals surface area (Å²) in [7, 11) is 0. The van der Waals surface area contributed by atoms with Gasteiger partial charge in [-0.1, -0.05) is 0 Å². The summed E-state index contributed by atoms with van der Waals surface area (Å²) in [5, 5.41) is 66.7. The Kier molecular flexibility index (Phi) is 6.18. The fraction of sp³-hybridized carbons (Fsp3) is 0.833. The molecule has 0 aromatic carbocycles.